The number of nitrogens with zero attached hydrogens (tertiary/aromatic N) is 3. The molecular formula is C9H10N3. The van der Waals surface area contributed by atoms with Gasteiger partial charge >= 0.3 is 0 Å². The number of hydrogen-bond acceptors (Lipinski definition) is 2. The highest BCUT2D eigenvalue weighted by Gasteiger charge is 2.05. The van der Waals surface area contributed by atoms with E-state index < -0.39 is 0 Å². The molecule has 0 amide bonds. The molecule has 2 aromatic rings. The Morgan fingerprint density at radius 3 is 2.92 bits per heavy atom. The Labute approximate surface area is 71.0 Å². The van der Waals surface area contributed by atoms with Gasteiger partial charge in [-0.25, -0.2) is 4.98 Å². The predicted octanol–water partition coefficient (Wildman–Crippen LogP) is 1.39. The molecule has 0 saturated heterocycles. The SMILES string of the molecule is Cc1c[c]c2c(n1)c(C)nn2C. The van der Waals surface area contributed by atoms with Crippen molar-refractivity contribution < 1.29 is 0 Å². The average molecular weight is 160 g/mol. The topological polar surface area (TPSA) is 30.7 Å². The van der Waals surface area contributed by atoms with E-state index in [4.69, 9.17) is 0 Å². The molecular weight excluding hydrogens is 150 g/mol. The predicted molar refractivity (Wildman–Crippen MR) is 46.8 cm³/mol. The number of pyridine rings is 1. The molecule has 0 atom stereocenters. The Morgan fingerprint density at radius 1 is 1.42 bits per heavy atom. The van der Waals surface area contributed by atoms with Crippen LogP contribution in [0.3, 0.4) is 0 Å². The fourth-order valence-electron chi connectivity index (χ4n) is 1.32. The molecule has 0 bridgehead atoms. The van der Waals surface area contributed by atoms with Crippen molar-refractivity contribution in [2.75, 3.05) is 0 Å². The van der Waals surface area contributed by atoms with E-state index in [1.54, 1.807) is 4.68 Å². The lowest BCUT2D eigenvalue weighted by molar-refractivity contribution is 0.783. The number of aromatic nitrogens is 3. The standard InChI is InChI=1S/C9H10N3/c1-6-4-5-8-9(10-6)7(2)11-12(8)3/h4H,1-3H3. The minimum atomic E-state index is 0.956. The normalized spacial score (nSPS) is 10.9. The monoisotopic (exact) mass is 160 g/mol. The third-order valence-electron chi connectivity index (χ3n) is 1.90. The van der Waals surface area contributed by atoms with Crippen LogP contribution in [-0.2, 0) is 7.05 Å². The maximum Gasteiger partial charge on any atom is 0.112 e. The molecule has 0 aliphatic rings. The molecule has 3 nitrogen and oxygen atoms in total. The van der Waals surface area contributed by atoms with Gasteiger partial charge in [-0.05, 0) is 19.9 Å². The van der Waals surface area contributed by atoms with Crippen LogP contribution >= 0.6 is 0 Å². The molecule has 3 heteroatoms. The van der Waals surface area contributed by atoms with Gasteiger partial charge in [-0.15, -0.1) is 0 Å². The molecule has 2 aromatic heterocycles. The van der Waals surface area contributed by atoms with E-state index in [1.807, 2.05) is 27.0 Å². The first-order valence-electron chi connectivity index (χ1n) is 3.87. The molecule has 0 unspecified atom stereocenters. The third-order valence-corrected chi connectivity index (χ3v) is 1.90. The highest BCUT2D eigenvalue weighted by Crippen LogP contribution is 2.13. The van der Waals surface area contributed by atoms with Crippen molar-refractivity contribution in [3.63, 3.8) is 0 Å². The van der Waals surface area contributed by atoms with Crippen LogP contribution in [0.15, 0.2) is 6.07 Å². The van der Waals surface area contributed by atoms with E-state index in [2.05, 4.69) is 16.1 Å². The zero-order chi connectivity index (χ0) is 8.72. The first-order chi connectivity index (χ1) is 5.68. The first-order valence-corrected chi connectivity index (χ1v) is 3.87. The van der Waals surface area contributed by atoms with Gasteiger partial charge in [0.15, 0.2) is 0 Å². The molecule has 0 aromatic carbocycles. The van der Waals surface area contributed by atoms with Gasteiger partial charge in [-0.3, -0.25) is 4.68 Å². The Balaban J connectivity index is 2.90. The number of aryl methyl sites for hydroxylation is 3. The third kappa shape index (κ3) is 0.897. The van der Waals surface area contributed by atoms with Crippen LogP contribution in [0.1, 0.15) is 11.4 Å². The van der Waals surface area contributed by atoms with Crippen molar-refractivity contribution in [3.05, 3.63) is 23.5 Å². The summed E-state index contributed by atoms with van der Waals surface area (Å²) in [4.78, 5) is 4.38. The van der Waals surface area contributed by atoms with Crippen LogP contribution in [0.25, 0.3) is 11.0 Å². The Kier molecular flexibility index (Phi) is 1.40. The molecule has 61 valence electrons. The number of rotatable bonds is 0. The second kappa shape index (κ2) is 2.30. The average Bonchev–Trinajstić information content (AvgIpc) is 2.28. The molecule has 0 N–H and O–H groups in total. The van der Waals surface area contributed by atoms with Gasteiger partial charge in [-0.1, -0.05) is 0 Å². The summed E-state index contributed by atoms with van der Waals surface area (Å²) in [5, 5.41) is 4.25. The summed E-state index contributed by atoms with van der Waals surface area (Å²) in [5.74, 6) is 0. The Hall–Kier alpha value is -1.38. The summed E-state index contributed by atoms with van der Waals surface area (Å²) in [6, 6.07) is 5.02. The van der Waals surface area contributed by atoms with E-state index in [0.717, 1.165) is 22.4 Å². The molecule has 2 rings (SSSR count). The maximum atomic E-state index is 4.38. The molecule has 0 aliphatic carbocycles. The van der Waals surface area contributed by atoms with E-state index >= 15 is 0 Å². The maximum absolute atomic E-state index is 4.38. The van der Waals surface area contributed by atoms with Gasteiger partial charge in [-0.2, -0.15) is 5.10 Å². The Morgan fingerprint density at radius 2 is 2.17 bits per heavy atom. The van der Waals surface area contributed by atoms with E-state index in [1.165, 1.54) is 0 Å². The fraction of sp³-hybridized carbons (Fsp3) is 0.333. The fourth-order valence-corrected chi connectivity index (χ4v) is 1.32. The molecule has 0 fully saturated rings. The molecule has 0 aliphatic heterocycles. The number of fused-ring (bicyclic) bond motifs is 1. The van der Waals surface area contributed by atoms with Crippen molar-refractivity contribution >= 4 is 11.0 Å². The Bertz CT molecular complexity index is 429. The lowest BCUT2D eigenvalue weighted by Crippen LogP contribution is -1.89. The minimum Gasteiger partial charge on any atom is -0.265 e. The lowest BCUT2D eigenvalue weighted by atomic mass is 10.3. The van der Waals surface area contributed by atoms with Gasteiger partial charge in [0.05, 0.1) is 11.2 Å². The summed E-state index contributed by atoms with van der Waals surface area (Å²) >= 11 is 0. The van der Waals surface area contributed by atoms with E-state index in [0.29, 0.717) is 0 Å². The van der Waals surface area contributed by atoms with Crippen LogP contribution in [0.4, 0.5) is 0 Å². The molecule has 12 heavy (non-hydrogen) atoms. The van der Waals surface area contributed by atoms with Gasteiger partial charge < -0.3 is 0 Å². The van der Waals surface area contributed by atoms with Gasteiger partial charge in [0.1, 0.15) is 5.52 Å². The van der Waals surface area contributed by atoms with Gasteiger partial charge in [0.25, 0.3) is 0 Å². The highest BCUT2D eigenvalue weighted by molar-refractivity contribution is 5.76. The smallest absolute Gasteiger partial charge is 0.112 e. The minimum absolute atomic E-state index is 0.956. The van der Waals surface area contributed by atoms with Crippen LogP contribution in [0.2, 0.25) is 0 Å². The van der Waals surface area contributed by atoms with Crippen molar-refractivity contribution in [1.82, 2.24) is 14.8 Å². The summed E-state index contributed by atoms with van der Waals surface area (Å²) in [7, 11) is 1.91. The van der Waals surface area contributed by atoms with Crippen LogP contribution in [0, 0.1) is 19.9 Å². The van der Waals surface area contributed by atoms with Crippen molar-refractivity contribution in [2.24, 2.45) is 7.05 Å². The van der Waals surface area contributed by atoms with Crippen LogP contribution < -0.4 is 0 Å². The zero-order valence-electron chi connectivity index (χ0n) is 7.42. The molecule has 2 heterocycles. The largest absolute Gasteiger partial charge is 0.265 e. The second-order valence-corrected chi connectivity index (χ2v) is 2.95. The molecule has 1 radical (unpaired) electrons. The summed E-state index contributed by atoms with van der Waals surface area (Å²) in [6.07, 6.45) is 0. The second-order valence-electron chi connectivity index (χ2n) is 2.95. The van der Waals surface area contributed by atoms with E-state index in [9.17, 15) is 0 Å². The molecule has 0 saturated carbocycles. The highest BCUT2D eigenvalue weighted by atomic mass is 15.3. The van der Waals surface area contributed by atoms with E-state index in [-0.39, 0.29) is 0 Å². The first kappa shape index (κ1) is 7.28. The van der Waals surface area contributed by atoms with Crippen molar-refractivity contribution in [1.29, 1.82) is 0 Å². The summed E-state index contributed by atoms with van der Waals surface area (Å²) in [6.45, 7) is 3.92. The molecule has 0 spiro atoms. The quantitative estimate of drug-likeness (QED) is 0.583. The lowest BCUT2D eigenvalue weighted by Gasteiger charge is -1.92. The number of hydrogen-bond donors (Lipinski definition) is 0. The van der Waals surface area contributed by atoms with Crippen molar-refractivity contribution in [2.45, 2.75) is 13.8 Å². The summed E-state index contributed by atoms with van der Waals surface area (Å²) in [5.41, 5.74) is 3.88. The van der Waals surface area contributed by atoms with Gasteiger partial charge in [0.2, 0.25) is 0 Å². The zero-order valence-corrected chi connectivity index (χ0v) is 7.42. The van der Waals surface area contributed by atoms with Crippen LogP contribution in [-0.4, -0.2) is 14.8 Å². The van der Waals surface area contributed by atoms with Crippen molar-refractivity contribution in [3.8, 4) is 0 Å². The van der Waals surface area contributed by atoms with Gasteiger partial charge in [0, 0.05) is 18.8 Å². The van der Waals surface area contributed by atoms with Crippen LogP contribution in [0.5, 0.6) is 0 Å². The summed E-state index contributed by atoms with van der Waals surface area (Å²) < 4.78 is 1.80.